The summed E-state index contributed by atoms with van der Waals surface area (Å²) in [7, 11) is 0. The highest BCUT2D eigenvalue weighted by Gasteiger charge is 2.29. The number of carbonyl (C=O) groups is 1. The van der Waals surface area contributed by atoms with Crippen LogP contribution >= 0.6 is 0 Å². The van der Waals surface area contributed by atoms with E-state index in [1.54, 1.807) is 6.20 Å². The Kier molecular flexibility index (Phi) is 4.66. The molecular weight excluding hydrogens is 230 g/mol. The van der Waals surface area contributed by atoms with Crippen LogP contribution in [0.4, 0.5) is 0 Å². The van der Waals surface area contributed by atoms with Crippen LogP contribution in [0.15, 0.2) is 24.5 Å². The Bertz CT molecular complexity index is 383. The number of pyridine rings is 1. The minimum absolute atomic E-state index is 0.0326. The van der Waals surface area contributed by atoms with Gasteiger partial charge in [-0.15, -0.1) is 0 Å². The lowest BCUT2D eigenvalue weighted by Crippen LogP contribution is -2.36. The smallest absolute Gasteiger partial charge is 0.249 e. The summed E-state index contributed by atoms with van der Waals surface area (Å²) in [5.74, 6) is -0.0326. The molecule has 1 fully saturated rings. The molecule has 2 heterocycles. The molecule has 5 heteroatoms. The maximum atomic E-state index is 11.8. The molecule has 0 saturated carbocycles. The first kappa shape index (κ1) is 13.0. The second-order valence-electron chi connectivity index (χ2n) is 4.46. The van der Waals surface area contributed by atoms with Crippen molar-refractivity contribution in [2.75, 3.05) is 13.1 Å². The van der Waals surface area contributed by atoms with Crippen molar-refractivity contribution >= 4 is 5.91 Å². The Labute approximate surface area is 107 Å². The molecular formula is C13H19N3O2. The standard InChI is InChI=1S/C13H19N3O2/c14-8-11-3-4-12(18-11)13(17)16-7-5-10-2-1-6-15-9-10/h1-2,6,9,11-12H,3-5,7-8,14H2,(H,16,17)/t11-,12+/m1/s1. The highest BCUT2D eigenvalue weighted by Crippen LogP contribution is 2.18. The Morgan fingerprint density at radius 1 is 1.56 bits per heavy atom. The van der Waals surface area contributed by atoms with Crippen molar-refractivity contribution < 1.29 is 9.53 Å². The van der Waals surface area contributed by atoms with Crippen molar-refractivity contribution in [3.8, 4) is 0 Å². The molecule has 0 aliphatic carbocycles. The van der Waals surface area contributed by atoms with Crippen molar-refractivity contribution in [3.05, 3.63) is 30.1 Å². The summed E-state index contributed by atoms with van der Waals surface area (Å²) < 4.78 is 5.53. The average molecular weight is 249 g/mol. The molecule has 5 nitrogen and oxygen atoms in total. The van der Waals surface area contributed by atoms with Gasteiger partial charge in [-0.05, 0) is 30.9 Å². The second kappa shape index (κ2) is 6.47. The molecule has 0 bridgehead atoms. The molecule has 98 valence electrons. The third-order valence-electron chi connectivity index (χ3n) is 3.10. The third-order valence-corrected chi connectivity index (χ3v) is 3.10. The minimum atomic E-state index is -0.326. The lowest BCUT2D eigenvalue weighted by molar-refractivity contribution is -0.131. The Balaban J connectivity index is 1.69. The summed E-state index contributed by atoms with van der Waals surface area (Å²) >= 11 is 0. The number of nitrogens with zero attached hydrogens (tertiary/aromatic N) is 1. The van der Waals surface area contributed by atoms with Gasteiger partial charge < -0.3 is 15.8 Å². The van der Waals surface area contributed by atoms with Gasteiger partial charge in [-0.1, -0.05) is 6.07 Å². The van der Waals surface area contributed by atoms with E-state index < -0.39 is 0 Å². The van der Waals surface area contributed by atoms with Gasteiger partial charge in [0.1, 0.15) is 6.10 Å². The number of hydrogen-bond donors (Lipinski definition) is 2. The van der Waals surface area contributed by atoms with E-state index in [-0.39, 0.29) is 18.1 Å². The third kappa shape index (κ3) is 3.51. The van der Waals surface area contributed by atoms with Crippen molar-refractivity contribution in [2.24, 2.45) is 5.73 Å². The molecule has 0 radical (unpaired) electrons. The maximum absolute atomic E-state index is 11.8. The number of hydrogen-bond acceptors (Lipinski definition) is 4. The molecule has 0 aromatic carbocycles. The monoisotopic (exact) mass is 249 g/mol. The van der Waals surface area contributed by atoms with Crippen LogP contribution in [0.3, 0.4) is 0 Å². The zero-order valence-electron chi connectivity index (χ0n) is 10.3. The SMILES string of the molecule is NC[C@H]1CC[C@@H](C(=O)NCCc2cccnc2)O1. The van der Waals surface area contributed by atoms with Gasteiger partial charge in [-0.2, -0.15) is 0 Å². The fourth-order valence-corrected chi connectivity index (χ4v) is 2.06. The van der Waals surface area contributed by atoms with E-state index >= 15 is 0 Å². The summed E-state index contributed by atoms with van der Waals surface area (Å²) in [6, 6.07) is 3.89. The molecule has 0 spiro atoms. The normalized spacial score (nSPS) is 22.9. The fourth-order valence-electron chi connectivity index (χ4n) is 2.06. The summed E-state index contributed by atoms with van der Waals surface area (Å²) in [6.45, 7) is 1.09. The predicted octanol–water partition coefficient (Wildman–Crippen LogP) is 0.247. The van der Waals surface area contributed by atoms with Crippen LogP contribution in [-0.2, 0) is 16.0 Å². The topological polar surface area (TPSA) is 77.2 Å². The van der Waals surface area contributed by atoms with Crippen LogP contribution in [0, 0.1) is 0 Å². The summed E-state index contributed by atoms with van der Waals surface area (Å²) in [5, 5.41) is 2.89. The largest absolute Gasteiger partial charge is 0.364 e. The number of aromatic nitrogens is 1. The van der Waals surface area contributed by atoms with Gasteiger partial charge in [0.2, 0.25) is 5.91 Å². The first-order valence-electron chi connectivity index (χ1n) is 6.31. The Morgan fingerprint density at radius 3 is 3.11 bits per heavy atom. The van der Waals surface area contributed by atoms with Gasteiger partial charge in [-0.25, -0.2) is 0 Å². The molecule has 3 N–H and O–H groups in total. The highest BCUT2D eigenvalue weighted by molar-refractivity contribution is 5.81. The maximum Gasteiger partial charge on any atom is 0.249 e. The lowest BCUT2D eigenvalue weighted by Gasteiger charge is -2.12. The Morgan fingerprint density at radius 2 is 2.44 bits per heavy atom. The molecule has 1 aliphatic rings. The van der Waals surface area contributed by atoms with E-state index in [1.165, 1.54) is 0 Å². The lowest BCUT2D eigenvalue weighted by atomic mass is 10.2. The first-order chi connectivity index (χ1) is 8.79. The van der Waals surface area contributed by atoms with Crippen LogP contribution in [0.25, 0.3) is 0 Å². The van der Waals surface area contributed by atoms with E-state index in [4.69, 9.17) is 10.5 Å². The minimum Gasteiger partial charge on any atom is -0.364 e. The Hall–Kier alpha value is -1.46. The van der Waals surface area contributed by atoms with E-state index in [1.807, 2.05) is 18.3 Å². The van der Waals surface area contributed by atoms with Crippen LogP contribution < -0.4 is 11.1 Å². The van der Waals surface area contributed by atoms with Gasteiger partial charge in [0, 0.05) is 25.5 Å². The molecule has 2 atom stereocenters. The fraction of sp³-hybridized carbons (Fsp3) is 0.538. The van der Waals surface area contributed by atoms with E-state index in [2.05, 4.69) is 10.3 Å². The molecule has 1 aromatic heterocycles. The molecule has 2 rings (SSSR count). The van der Waals surface area contributed by atoms with Crippen molar-refractivity contribution in [2.45, 2.75) is 31.5 Å². The number of nitrogens with one attached hydrogen (secondary N) is 1. The number of ether oxygens (including phenoxy) is 1. The number of rotatable bonds is 5. The molecule has 0 unspecified atom stereocenters. The first-order valence-corrected chi connectivity index (χ1v) is 6.31. The highest BCUT2D eigenvalue weighted by atomic mass is 16.5. The van der Waals surface area contributed by atoms with Gasteiger partial charge in [0.25, 0.3) is 0 Å². The van der Waals surface area contributed by atoms with Crippen molar-refractivity contribution in [1.82, 2.24) is 10.3 Å². The molecule has 1 aliphatic heterocycles. The number of nitrogens with two attached hydrogens (primary N) is 1. The zero-order chi connectivity index (χ0) is 12.8. The second-order valence-corrected chi connectivity index (χ2v) is 4.46. The van der Waals surface area contributed by atoms with Gasteiger partial charge >= 0.3 is 0 Å². The van der Waals surface area contributed by atoms with E-state index in [0.717, 1.165) is 24.8 Å². The van der Waals surface area contributed by atoms with Crippen LogP contribution in [0.2, 0.25) is 0 Å². The van der Waals surface area contributed by atoms with E-state index in [0.29, 0.717) is 13.1 Å². The van der Waals surface area contributed by atoms with Crippen molar-refractivity contribution in [3.63, 3.8) is 0 Å². The van der Waals surface area contributed by atoms with Crippen LogP contribution in [0.1, 0.15) is 18.4 Å². The molecule has 1 saturated heterocycles. The van der Waals surface area contributed by atoms with Crippen LogP contribution in [0.5, 0.6) is 0 Å². The summed E-state index contributed by atoms with van der Waals surface area (Å²) in [6.07, 6.45) is 5.68. The van der Waals surface area contributed by atoms with Gasteiger partial charge in [-0.3, -0.25) is 9.78 Å². The van der Waals surface area contributed by atoms with Gasteiger partial charge in [0.15, 0.2) is 0 Å². The quantitative estimate of drug-likeness (QED) is 0.784. The number of carbonyl (C=O) groups excluding carboxylic acids is 1. The molecule has 1 amide bonds. The summed E-state index contributed by atoms with van der Waals surface area (Å²) in [4.78, 5) is 15.8. The summed E-state index contributed by atoms with van der Waals surface area (Å²) in [5.41, 5.74) is 6.62. The van der Waals surface area contributed by atoms with E-state index in [9.17, 15) is 4.79 Å². The number of amides is 1. The van der Waals surface area contributed by atoms with Gasteiger partial charge in [0.05, 0.1) is 6.10 Å². The zero-order valence-corrected chi connectivity index (χ0v) is 10.3. The van der Waals surface area contributed by atoms with Crippen LogP contribution in [-0.4, -0.2) is 36.2 Å². The van der Waals surface area contributed by atoms with Crippen molar-refractivity contribution in [1.29, 1.82) is 0 Å². The predicted molar refractivity (Wildman–Crippen MR) is 67.9 cm³/mol. The molecule has 18 heavy (non-hydrogen) atoms. The average Bonchev–Trinajstić information content (AvgIpc) is 2.89. The molecule has 1 aromatic rings.